The molecule has 0 fully saturated rings. The smallest absolute Gasteiger partial charge is 0.322 e. The van der Waals surface area contributed by atoms with Crippen molar-refractivity contribution in [3.8, 4) is 11.8 Å². The van der Waals surface area contributed by atoms with Gasteiger partial charge in [-0.2, -0.15) is 5.26 Å². The third-order valence-electron chi connectivity index (χ3n) is 2.02. The van der Waals surface area contributed by atoms with E-state index in [9.17, 15) is 4.79 Å². The van der Waals surface area contributed by atoms with Crippen molar-refractivity contribution < 1.29 is 9.53 Å². The second kappa shape index (κ2) is 5.99. The fourth-order valence-corrected chi connectivity index (χ4v) is 1.51. The number of carbonyl (C=O) groups excluding carboxylic acids is 1. The van der Waals surface area contributed by atoms with Crippen LogP contribution in [0.5, 0.6) is 5.75 Å². The number of halogens is 1. The van der Waals surface area contributed by atoms with Crippen molar-refractivity contribution in [2.75, 3.05) is 13.7 Å². The average Bonchev–Trinajstić information content (AvgIpc) is 2.29. The molecular formula is C11H11ClN2O2. The summed E-state index contributed by atoms with van der Waals surface area (Å²) in [7, 11) is 1.55. The van der Waals surface area contributed by atoms with Gasteiger partial charge in [0.1, 0.15) is 5.75 Å². The lowest BCUT2D eigenvalue weighted by molar-refractivity contribution is -0.115. The Morgan fingerprint density at radius 2 is 2.38 bits per heavy atom. The number of methoxy groups -OCH3 is 1. The Morgan fingerprint density at radius 1 is 1.62 bits per heavy atom. The maximum atomic E-state index is 10.7. The van der Waals surface area contributed by atoms with Crippen molar-refractivity contribution in [2.24, 2.45) is 0 Å². The predicted octanol–water partition coefficient (Wildman–Crippen LogP) is 1.53. The van der Waals surface area contributed by atoms with Gasteiger partial charge in [-0.3, -0.25) is 4.79 Å². The van der Waals surface area contributed by atoms with Gasteiger partial charge in [-0.25, -0.2) is 0 Å². The molecule has 0 aliphatic carbocycles. The van der Waals surface area contributed by atoms with Gasteiger partial charge in [0.25, 0.3) is 0 Å². The molecule has 1 amide bonds. The lowest BCUT2D eigenvalue weighted by Crippen LogP contribution is -2.23. The molecule has 1 aromatic carbocycles. The number of benzene rings is 1. The maximum Gasteiger partial charge on any atom is 0.322 e. The van der Waals surface area contributed by atoms with E-state index in [4.69, 9.17) is 21.6 Å². The molecule has 0 radical (unpaired) electrons. The maximum absolute atomic E-state index is 10.7. The van der Waals surface area contributed by atoms with Crippen LogP contribution in [0, 0.1) is 11.3 Å². The molecular weight excluding hydrogens is 228 g/mol. The van der Waals surface area contributed by atoms with Crippen LogP contribution in [0.3, 0.4) is 0 Å². The molecule has 0 aliphatic heterocycles. The van der Waals surface area contributed by atoms with E-state index in [-0.39, 0.29) is 0 Å². The van der Waals surface area contributed by atoms with E-state index in [0.29, 0.717) is 23.7 Å². The highest BCUT2D eigenvalue weighted by Gasteiger charge is 2.02. The van der Waals surface area contributed by atoms with Crippen molar-refractivity contribution in [2.45, 2.75) is 6.42 Å². The predicted molar refractivity (Wildman–Crippen MR) is 60.3 cm³/mol. The van der Waals surface area contributed by atoms with Crippen LogP contribution in [0.25, 0.3) is 0 Å². The Kier molecular flexibility index (Phi) is 4.62. The molecule has 1 rings (SSSR count). The van der Waals surface area contributed by atoms with E-state index in [1.165, 1.54) is 6.07 Å². The Labute approximate surface area is 98.8 Å². The summed E-state index contributed by atoms with van der Waals surface area (Å²) in [5, 5.41) is 11.2. The summed E-state index contributed by atoms with van der Waals surface area (Å²) >= 11 is 5.93. The molecule has 0 atom stereocenters. The Bertz CT molecular complexity index is 426. The van der Waals surface area contributed by atoms with Gasteiger partial charge in [-0.1, -0.05) is 17.7 Å². The first-order chi connectivity index (χ1) is 7.67. The summed E-state index contributed by atoms with van der Waals surface area (Å²) in [6.45, 7) is 0.412. The molecule has 0 aromatic heterocycles. The first-order valence-corrected chi connectivity index (χ1v) is 5.05. The first-order valence-electron chi connectivity index (χ1n) is 4.67. The van der Waals surface area contributed by atoms with Gasteiger partial charge in [0.2, 0.25) is 0 Å². The van der Waals surface area contributed by atoms with Gasteiger partial charge in [0.15, 0.2) is 6.07 Å². The number of nitriles is 1. The average molecular weight is 239 g/mol. The fourth-order valence-electron chi connectivity index (χ4n) is 1.23. The topological polar surface area (TPSA) is 62.1 Å². The van der Waals surface area contributed by atoms with Gasteiger partial charge in [-0.15, -0.1) is 0 Å². The van der Waals surface area contributed by atoms with E-state index in [1.54, 1.807) is 19.2 Å². The molecule has 16 heavy (non-hydrogen) atoms. The zero-order chi connectivity index (χ0) is 12.0. The largest absolute Gasteiger partial charge is 0.495 e. The summed E-state index contributed by atoms with van der Waals surface area (Å²) in [6.07, 6.45) is 0.622. The molecule has 5 heteroatoms. The minimum Gasteiger partial charge on any atom is -0.495 e. The highest BCUT2D eigenvalue weighted by atomic mass is 35.5. The minimum absolute atomic E-state index is 0.412. The second-order valence-corrected chi connectivity index (χ2v) is 3.49. The van der Waals surface area contributed by atoms with Gasteiger partial charge in [-0.05, 0) is 24.1 Å². The van der Waals surface area contributed by atoms with Gasteiger partial charge >= 0.3 is 5.91 Å². The van der Waals surface area contributed by atoms with Crippen LogP contribution in [0.2, 0.25) is 5.02 Å². The number of nitrogens with zero attached hydrogens (tertiary/aromatic N) is 1. The summed E-state index contributed by atoms with van der Waals surface area (Å²) in [5.74, 6) is -0.00825. The molecule has 1 N–H and O–H groups in total. The standard InChI is InChI=1S/C11H11ClN2O2/c1-16-10-3-2-8(6-9(10)12)4-5-14-11(15)7-13/h2-3,6H,4-5H2,1H3,(H,14,15). The van der Waals surface area contributed by atoms with Crippen molar-refractivity contribution in [1.82, 2.24) is 5.32 Å². The third kappa shape index (κ3) is 3.44. The molecule has 4 nitrogen and oxygen atoms in total. The SMILES string of the molecule is COc1ccc(CCNC(=O)C#N)cc1Cl. The summed E-state index contributed by atoms with van der Waals surface area (Å²) in [6, 6.07) is 6.89. The molecule has 1 aromatic rings. The summed E-state index contributed by atoms with van der Waals surface area (Å²) in [5.41, 5.74) is 0.976. The van der Waals surface area contributed by atoms with Crippen LogP contribution in [-0.2, 0) is 11.2 Å². The third-order valence-corrected chi connectivity index (χ3v) is 2.31. The second-order valence-electron chi connectivity index (χ2n) is 3.09. The Balaban J connectivity index is 2.53. The van der Waals surface area contributed by atoms with E-state index >= 15 is 0 Å². The van der Waals surface area contributed by atoms with E-state index in [2.05, 4.69) is 5.32 Å². The minimum atomic E-state index is -0.625. The van der Waals surface area contributed by atoms with Crippen molar-refractivity contribution in [3.63, 3.8) is 0 Å². The van der Waals surface area contributed by atoms with Crippen LogP contribution >= 0.6 is 11.6 Å². The zero-order valence-corrected chi connectivity index (χ0v) is 9.54. The van der Waals surface area contributed by atoms with Gasteiger partial charge < -0.3 is 10.1 Å². The van der Waals surface area contributed by atoms with E-state index in [0.717, 1.165) is 5.56 Å². The normalized spacial score (nSPS) is 9.31. The number of carbonyl (C=O) groups is 1. The highest BCUT2D eigenvalue weighted by Crippen LogP contribution is 2.24. The van der Waals surface area contributed by atoms with Crippen molar-refractivity contribution in [3.05, 3.63) is 28.8 Å². The lowest BCUT2D eigenvalue weighted by Gasteiger charge is -2.06. The first kappa shape index (κ1) is 12.3. The number of ether oxygens (including phenoxy) is 1. The molecule has 84 valence electrons. The number of hydrogen-bond acceptors (Lipinski definition) is 3. The lowest BCUT2D eigenvalue weighted by atomic mass is 10.1. The monoisotopic (exact) mass is 238 g/mol. The number of rotatable bonds is 4. The number of hydrogen-bond donors (Lipinski definition) is 1. The van der Waals surface area contributed by atoms with Crippen LogP contribution in [0.1, 0.15) is 5.56 Å². The molecule has 0 heterocycles. The quantitative estimate of drug-likeness (QED) is 0.810. The van der Waals surface area contributed by atoms with E-state index < -0.39 is 5.91 Å². The fraction of sp³-hybridized carbons (Fsp3) is 0.273. The van der Waals surface area contributed by atoms with Crippen LogP contribution in [0.4, 0.5) is 0 Å². The summed E-state index contributed by atoms with van der Waals surface area (Å²) in [4.78, 5) is 10.7. The van der Waals surface area contributed by atoms with Crippen LogP contribution < -0.4 is 10.1 Å². The number of amides is 1. The summed E-state index contributed by atoms with van der Waals surface area (Å²) < 4.78 is 5.02. The molecule has 0 saturated heterocycles. The zero-order valence-electron chi connectivity index (χ0n) is 8.79. The van der Waals surface area contributed by atoms with Crippen LogP contribution in [0.15, 0.2) is 18.2 Å². The molecule has 0 saturated carbocycles. The molecule has 0 aliphatic rings. The molecule has 0 bridgehead atoms. The van der Waals surface area contributed by atoms with Gasteiger partial charge in [0, 0.05) is 6.54 Å². The Morgan fingerprint density at radius 3 is 2.94 bits per heavy atom. The van der Waals surface area contributed by atoms with Crippen molar-refractivity contribution >= 4 is 17.5 Å². The Hall–Kier alpha value is -1.73. The van der Waals surface area contributed by atoms with Gasteiger partial charge in [0.05, 0.1) is 12.1 Å². The molecule has 0 unspecified atom stereocenters. The highest BCUT2D eigenvalue weighted by molar-refractivity contribution is 6.32. The number of nitrogens with one attached hydrogen (secondary N) is 1. The molecule has 0 spiro atoms. The van der Waals surface area contributed by atoms with Crippen LogP contribution in [-0.4, -0.2) is 19.6 Å². The van der Waals surface area contributed by atoms with E-state index in [1.807, 2.05) is 6.07 Å². The van der Waals surface area contributed by atoms with Crippen molar-refractivity contribution in [1.29, 1.82) is 5.26 Å².